The number of fused-ring (bicyclic) bond motifs is 2. The molecule has 0 unspecified atom stereocenters. The van der Waals surface area contributed by atoms with Crippen molar-refractivity contribution in [2.75, 3.05) is 24.7 Å². The minimum atomic E-state index is 0.0675. The number of aliphatic imine (C=N–C) groups is 1. The van der Waals surface area contributed by atoms with Crippen molar-refractivity contribution in [3.63, 3.8) is 0 Å². The second kappa shape index (κ2) is 5.02. The molecule has 0 radical (unpaired) electrons. The molecule has 0 aromatic carbocycles. The normalized spacial score (nSPS) is 29.4. The van der Waals surface area contributed by atoms with Gasteiger partial charge in [-0.15, -0.1) is 0 Å². The van der Waals surface area contributed by atoms with Gasteiger partial charge in [0, 0.05) is 18.6 Å². The molecule has 2 saturated carbocycles. The number of aryl methyl sites for hydroxylation is 1. The van der Waals surface area contributed by atoms with Gasteiger partial charge in [0.05, 0.1) is 11.1 Å². The van der Waals surface area contributed by atoms with Crippen LogP contribution in [0, 0.1) is 18.8 Å². The van der Waals surface area contributed by atoms with Gasteiger partial charge in [-0.2, -0.15) is 0 Å². The van der Waals surface area contributed by atoms with Crippen LogP contribution in [-0.2, 0) is 0 Å². The molecule has 25 heavy (non-hydrogen) atoms. The predicted molar refractivity (Wildman–Crippen MR) is 95.9 cm³/mol. The topological polar surface area (TPSA) is 75.1 Å². The Hall–Kier alpha value is -1.98. The van der Waals surface area contributed by atoms with Crippen molar-refractivity contribution >= 4 is 17.6 Å². The molecule has 1 aromatic heterocycles. The van der Waals surface area contributed by atoms with E-state index in [1.54, 1.807) is 0 Å². The van der Waals surface area contributed by atoms with Crippen molar-refractivity contribution in [1.82, 2.24) is 4.90 Å². The fourth-order valence-corrected chi connectivity index (χ4v) is 4.93. The van der Waals surface area contributed by atoms with Gasteiger partial charge < -0.3 is 20.0 Å². The number of carbonyl (C=O) groups is 1. The lowest BCUT2D eigenvalue weighted by Gasteiger charge is -2.31. The Morgan fingerprint density at radius 2 is 1.96 bits per heavy atom. The molecule has 6 nitrogen and oxygen atoms in total. The summed E-state index contributed by atoms with van der Waals surface area (Å²) >= 11 is 0. The van der Waals surface area contributed by atoms with Crippen LogP contribution in [0.2, 0.25) is 0 Å². The third-order valence-electron chi connectivity index (χ3n) is 6.80. The van der Waals surface area contributed by atoms with Gasteiger partial charge >= 0.3 is 0 Å². The largest absolute Gasteiger partial charge is 0.444 e. The van der Waals surface area contributed by atoms with E-state index in [1.165, 1.54) is 19.3 Å². The molecule has 0 spiro atoms. The summed E-state index contributed by atoms with van der Waals surface area (Å²) in [7, 11) is 0. The van der Waals surface area contributed by atoms with Gasteiger partial charge in [-0.25, -0.2) is 4.99 Å². The lowest BCUT2D eigenvalue weighted by molar-refractivity contribution is 0.0778. The van der Waals surface area contributed by atoms with Gasteiger partial charge in [0.1, 0.15) is 18.3 Å². The number of carbonyl (C=O) groups excluding carboxylic acids is 1. The van der Waals surface area contributed by atoms with E-state index in [9.17, 15) is 4.79 Å². The minimum Gasteiger partial charge on any atom is -0.444 e. The number of hydrogen-bond donors (Lipinski definition) is 1. The van der Waals surface area contributed by atoms with E-state index in [2.05, 4.69) is 16.8 Å². The maximum absolute atomic E-state index is 13.3. The second-order valence-electron chi connectivity index (χ2n) is 8.48. The highest BCUT2D eigenvalue weighted by atomic mass is 16.4. The Kier molecular flexibility index (Phi) is 3.07. The molecule has 3 heterocycles. The number of nitrogens with zero attached hydrogens (tertiary/aromatic N) is 3. The molecule has 134 valence electrons. The summed E-state index contributed by atoms with van der Waals surface area (Å²) in [6.45, 7) is 6.37. The van der Waals surface area contributed by atoms with Crippen LogP contribution < -0.4 is 10.6 Å². The molecule has 1 saturated heterocycles. The summed E-state index contributed by atoms with van der Waals surface area (Å²) in [5, 5.41) is 0. The SMILES string of the molecule is Cc1oc2c(c1C(=O)N1C[C@H]3CCC[C@H]3C1)C(N)=NCN2C1(C)CC1. The van der Waals surface area contributed by atoms with E-state index in [0.29, 0.717) is 35.7 Å². The summed E-state index contributed by atoms with van der Waals surface area (Å²) in [5.41, 5.74) is 7.65. The molecule has 2 N–H and O–H groups in total. The molecule has 2 aliphatic heterocycles. The molecular formula is C19H26N4O2. The Labute approximate surface area is 148 Å². The van der Waals surface area contributed by atoms with Crippen molar-refractivity contribution in [2.24, 2.45) is 22.6 Å². The Morgan fingerprint density at radius 3 is 2.60 bits per heavy atom. The monoisotopic (exact) mass is 342 g/mol. The molecule has 2 aliphatic carbocycles. The maximum Gasteiger partial charge on any atom is 0.258 e. The number of hydrogen-bond acceptors (Lipinski definition) is 5. The number of amidine groups is 1. The standard InChI is InChI=1S/C19H26N4O2/c1-11-14(17(24)22-8-12-4-3-5-13(12)9-22)15-16(20)21-10-23(18(15)25-11)19(2)6-7-19/h12-13H,3-10H2,1-2H3,(H2,20,21)/t12-,13+. The van der Waals surface area contributed by atoms with Crippen LogP contribution in [-0.4, -0.2) is 41.9 Å². The smallest absolute Gasteiger partial charge is 0.258 e. The Balaban J connectivity index is 1.51. The zero-order valence-electron chi connectivity index (χ0n) is 15.0. The first-order chi connectivity index (χ1) is 12.0. The average molecular weight is 342 g/mol. The maximum atomic E-state index is 13.3. The van der Waals surface area contributed by atoms with Gasteiger partial charge in [0.2, 0.25) is 5.88 Å². The van der Waals surface area contributed by atoms with Crippen molar-refractivity contribution in [2.45, 2.75) is 51.5 Å². The van der Waals surface area contributed by atoms with Crippen LogP contribution in [0.25, 0.3) is 0 Å². The summed E-state index contributed by atoms with van der Waals surface area (Å²) < 4.78 is 6.08. The first-order valence-electron chi connectivity index (χ1n) is 9.48. The molecule has 1 amide bonds. The van der Waals surface area contributed by atoms with E-state index >= 15 is 0 Å². The van der Waals surface area contributed by atoms with Crippen LogP contribution in [0.1, 0.15) is 60.7 Å². The fourth-order valence-electron chi connectivity index (χ4n) is 4.93. The molecule has 1 aromatic rings. The first-order valence-corrected chi connectivity index (χ1v) is 9.48. The number of nitrogens with two attached hydrogens (primary N) is 1. The number of amides is 1. The Morgan fingerprint density at radius 1 is 1.28 bits per heavy atom. The van der Waals surface area contributed by atoms with Gasteiger partial charge in [0.15, 0.2) is 0 Å². The van der Waals surface area contributed by atoms with Crippen LogP contribution in [0.15, 0.2) is 9.41 Å². The van der Waals surface area contributed by atoms with Gasteiger partial charge in [-0.1, -0.05) is 6.42 Å². The molecule has 5 rings (SSSR count). The van der Waals surface area contributed by atoms with Crippen molar-refractivity contribution in [3.05, 3.63) is 16.9 Å². The highest BCUT2D eigenvalue weighted by Crippen LogP contribution is 2.47. The quantitative estimate of drug-likeness (QED) is 0.896. The van der Waals surface area contributed by atoms with E-state index < -0.39 is 0 Å². The van der Waals surface area contributed by atoms with Crippen LogP contribution >= 0.6 is 0 Å². The molecule has 3 fully saturated rings. The molecule has 4 aliphatic rings. The average Bonchev–Trinajstić information content (AvgIpc) is 2.92. The summed E-state index contributed by atoms with van der Waals surface area (Å²) in [4.78, 5) is 22.0. The van der Waals surface area contributed by atoms with E-state index in [1.807, 2.05) is 11.8 Å². The third-order valence-corrected chi connectivity index (χ3v) is 6.80. The summed E-state index contributed by atoms with van der Waals surface area (Å²) in [5.74, 6) is 3.28. The molecule has 6 heteroatoms. The van der Waals surface area contributed by atoms with Gasteiger partial charge in [-0.3, -0.25) is 4.79 Å². The van der Waals surface area contributed by atoms with Crippen molar-refractivity contribution in [1.29, 1.82) is 0 Å². The third kappa shape index (κ3) is 2.15. The van der Waals surface area contributed by atoms with E-state index in [4.69, 9.17) is 10.2 Å². The highest BCUT2D eigenvalue weighted by molar-refractivity contribution is 6.13. The molecule has 2 atom stereocenters. The van der Waals surface area contributed by atoms with Crippen molar-refractivity contribution in [3.8, 4) is 0 Å². The van der Waals surface area contributed by atoms with Crippen molar-refractivity contribution < 1.29 is 9.21 Å². The van der Waals surface area contributed by atoms with E-state index in [0.717, 1.165) is 37.4 Å². The lowest BCUT2D eigenvalue weighted by atomic mass is 10.0. The minimum absolute atomic E-state index is 0.0675. The highest BCUT2D eigenvalue weighted by Gasteiger charge is 2.48. The Bertz CT molecular complexity index is 765. The number of rotatable bonds is 2. The molecular weight excluding hydrogens is 316 g/mol. The number of furan rings is 1. The zero-order valence-corrected chi connectivity index (χ0v) is 15.0. The number of likely N-dealkylation sites (tertiary alicyclic amines) is 1. The van der Waals surface area contributed by atoms with Crippen LogP contribution in [0.4, 0.5) is 5.88 Å². The second-order valence-corrected chi connectivity index (χ2v) is 8.48. The van der Waals surface area contributed by atoms with Crippen LogP contribution in [0.3, 0.4) is 0 Å². The summed E-state index contributed by atoms with van der Waals surface area (Å²) in [6.07, 6.45) is 6.07. The fraction of sp³-hybridized carbons (Fsp3) is 0.684. The van der Waals surface area contributed by atoms with Gasteiger partial charge in [0.25, 0.3) is 5.91 Å². The van der Waals surface area contributed by atoms with E-state index in [-0.39, 0.29) is 11.4 Å². The number of anilines is 1. The zero-order chi connectivity index (χ0) is 17.3. The van der Waals surface area contributed by atoms with Crippen LogP contribution in [0.5, 0.6) is 0 Å². The molecule has 0 bridgehead atoms. The van der Waals surface area contributed by atoms with Gasteiger partial charge in [-0.05, 0) is 51.4 Å². The first kappa shape index (κ1) is 15.3. The predicted octanol–water partition coefficient (Wildman–Crippen LogP) is 2.50. The lowest BCUT2D eigenvalue weighted by Crippen LogP contribution is -2.40. The summed E-state index contributed by atoms with van der Waals surface area (Å²) in [6, 6.07) is 0.